The van der Waals surface area contributed by atoms with Crippen LogP contribution in [0.25, 0.3) is 10.9 Å². The van der Waals surface area contributed by atoms with Crippen LogP contribution in [0.3, 0.4) is 0 Å². The first-order valence-corrected chi connectivity index (χ1v) is 3.71. The number of para-hydroxylation sites is 1. The van der Waals surface area contributed by atoms with Crippen molar-refractivity contribution in [3.63, 3.8) is 0 Å². The van der Waals surface area contributed by atoms with Gasteiger partial charge in [0.05, 0.1) is 6.33 Å². The Hall–Kier alpha value is -1.22. The van der Waals surface area contributed by atoms with E-state index in [-0.39, 0.29) is 0 Å². The van der Waals surface area contributed by atoms with E-state index in [4.69, 9.17) is 12.2 Å². The van der Waals surface area contributed by atoms with Crippen LogP contribution in [0.1, 0.15) is 0 Å². The molecule has 0 atom stereocenters. The van der Waals surface area contributed by atoms with Gasteiger partial charge in [0.15, 0.2) is 0 Å². The summed E-state index contributed by atoms with van der Waals surface area (Å²) in [5.41, 5.74) is 1.03. The van der Waals surface area contributed by atoms with E-state index in [1.807, 2.05) is 24.3 Å². The second-order valence-corrected chi connectivity index (χ2v) is 2.64. The summed E-state index contributed by atoms with van der Waals surface area (Å²) in [5, 5.41) is 1.00. The van der Waals surface area contributed by atoms with Crippen LogP contribution in [-0.2, 0) is 0 Å². The molecule has 1 aromatic heterocycles. The first-order chi connectivity index (χ1) is 5.38. The summed E-state index contributed by atoms with van der Waals surface area (Å²) < 4.78 is 0.652. The Morgan fingerprint density at radius 1 is 1.27 bits per heavy atom. The first kappa shape index (κ1) is 6.49. The standard InChI is InChI=1S/C8H6N2S/c11-8-6-3-1-2-4-7(6)9-5-10-8/h1-5H,(H,9,10,11). The van der Waals surface area contributed by atoms with Crippen LogP contribution in [-0.4, -0.2) is 9.97 Å². The molecule has 0 saturated carbocycles. The van der Waals surface area contributed by atoms with Crippen molar-refractivity contribution >= 4 is 23.1 Å². The van der Waals surface area contributed by atoms with Gasteiger partial charge in [-0.15, -0.1) is 0 Å². The van der Waals surface area contributed by atoms with Gasteiger partial charge < -0.3 is 4.98 Å². The third-order valence-corrected chi connectivity index (χ3v) is 1.88. The van der Waals surface area contributed by atoms with Crippen LogP contribution >= 0.6 is 12.2 Å². The topological polar surface area (TPSA) is 28.7 Å². The predicted octanol–water partition coefficient (Wildman–Crippen LogP) is 2.29. The van der Waals surface area contributed by atoms with Crippen molar-refractivity contribution in [2.24, 2.45) is 0 Å². The minimum atomic E-state index is 0.652. The van der Waals surface area contributed by atoms with Crippen LogP contribution in [0.4, 0.5) is 0 Å². The molecule has 0 aliphatic rings. The Bertz CT molecular complexity index is 428. The lowest BCUT2D eigenvalue weighted by atomic mass is 10.2. The Kier molecular flexibility index (Phi) is 1.43. The van der Waals surface area contributed by atoms with Crippen molar-refractivity contribution in [1.29, 1.82) is 0 Å². The van der Waals surface area contributed by atoms with Gasteiger partial charge in [0.25, 0.3) is 0 Å². The van der Waals surface area contributed by atoms with E-state index in [1.54, 1.807) is 6.33 Å². The van der Waals surface area contributed by atoms with E-state index in [0.717, 1.165) is 10.9 Å². The molecule has 1 heterocycles. The maximum absolute atomic E-state index is 5.02. The van der Waals surface area contributed by atoms with Gasteiger partial charge in [0.1, 0.15) is 4.64 Å². The highest BCUT2D eigenvalue weighted by atomic mass is 32.1. The molecule has 0 unspecified atom stereocenters. The van der Waals surface area contributed by atoms with Crippen LogP contribution in [0.2, 0.25) is 0 Å². The van der Waals surface area contributed by atoms with Gasteiger partial charge in [0.2, 0.25) is 0 Å². The highest BCUT2D eigenvalue weighted by molar-refractivity contribution is 7.71. The fourth-order valence-electron chi connectivity index (χ4n) is 1.03. The zero-order valence-electron chi connectivity index (χ0n) is 5.74. The van der Waals surface area contributed by atoms with Gasteiger partial charge in [0, 0.05) is 10.9 Å². The number of aromatic amines is 1. The summed E-state index contributed by atoms with van der Waals surface area (Å²) in [6.07, 6.45) is 1.62. The lowest BCUT2D eigenvalue weighted by Gasteiger charge is -1.93. The lowest BCUT2D eigenvalue weighted by Crippen LogP contribution is -1.81. The molecular weight excluding hydrogens is 156 g/mol. The number of nitrogens with one attached hydrogen (secondary N) is 1. The van der Waals surface area contributed by atoms with Crippen LogP contribution in [0, 0.1) is 4.64 Å². The molecule has 0 aliphatic carbocycles. The summed E-state index contributed by atoms with van der Waals surface area (Å²) in [6.45, 7) is 0. The Morgan fingerprint density at radius 3 is 2.91 bits per heavy atom. The Labute approximate surface area is 68.9 Å². The zero-order chi connectivity index (χ0) is 7.68. The van der Waals surface area contributed by atoms with Crippen molar-refractivity contribution in [2.75, 3.05) is 0 Å². The van der Waals surface area contributed by atoms with Crippen molar-refractivity contribution in [2.45, 2.75) is 0 Å². The molecule has 0 saturated heterocycles. The van der Waals surface area contributed by atoms with Crippen LogP contribution in [0.5, 0.6) is 0 Å². The van der Waals surface area contributed by atoms with Gasteiger partial charge in [-0.25, -0.2) is 4.98 Å². The quantitative estimate of drug-likeness (QED) is 0.602. The van der Waals surface area contributed by atoms with Gasteiger partial charge in [-0.3, -0.25) is 0 Å². The molecule has 0 bridgehead atoms. The van der Waals surface area contributed by atoms with E-state index < -0.39 is 0 Å². The second-order valence-electron chi connectivity index (χ2n) is 2.25. The fraction of sp³-hybridized carbons (Fsp3) is 0. The second kappa shape index (κ2) is 2.43. The summed E-state index contributed by atoms with van der Waals surface area (Å²) >= 11 is 5.02. The number of rotatable bonds is 0. The van der Waals surface area contributed by atoms with Crippen molar-refractivity contribution in [3.05, 3.63) is 35.2 Å². The highest BCUT2D eigenvalue weighted by Gasteiger charge is 1.91. The van der Waals surface area contributed by atoms with Gasteiger partial charge >= 0.3 is 0 Å². The zero-order valence-corrected chi connectivity index (χ0v) is 6.56. The van der Waals surface area contributed by atoms with Gasteiger partial charge in [-0.1, -0.05) is 24.4 Å². The molecule has 2 nitrogen and oxygen atoms in total. The summed E-state index contributed by atoms with van der Waals surface area (Å²) in [7, 11) is 0. The van der Waals surface area contributed by atoms with Gasteiger partial charge in [-0.2, -0.15) is 0 Å². The lowest BCUT2D eigenvalue weighted by molar-refractivity contribution is 1.21. The molecule has 1 aromatic carbocycles. The number of fused-ring (bicyclic) bond motifs is 1. The molecule has 2 rings (SSSR count). The monoisotopic (exact) mass is 162 g/mol. The van der Waals surface area contributed by atoms with Crippen LogP contribution in [0.15, 0.2) is 30.6 Å². The molecule has 2 aromatic rings. The molecule has 0 radical (unpaired) electrons. The third-order valence-electron chi connectivity index (χ3n) is 1.56. The van der Waals surface area contributed by atoms with Crippen molar-refractivity contribution in [1.82, 2.24) is 9.97 Å². The Morgan fingerprint density at radius 2 is 2.09 bits per heavy atom. The SMILES string of the molecule is S=c1nc[nH]c2ccccc12. The minimum absolute atomic E-state index is 0.652. The van der Waals surface area contributed by atoms with Crippen molar-refractivity contribution < 1.29 is 0 Å². The largest absolute Gasteiger partial charge is 0.346 e. The molecule has 0 amide bonds. The molecule has 0 spiro atoms. The van der Waals surface area contributed by atoms with E-state index in [9.17, 15) is 0 Å². The number of hydrogen-bond acceptors (Lipinski definition) is 2. The maximum atomic E-state index is 5.02. The normalized spacial score (nSPS) is 10.2. The van der Waals surface area contributed by atoms with E-state index in [0.29, 0.717) is 4.64 Å². The molecule has 1 N–H and O–H groups in total. The summed E-state index contributed by atoms with van der Waals surface area (Å²) in [4.78, 5) is 6.98. The number of hydrogen-bond donors (Lipinski definition) is 1. The number of nitrogens with zero attached hydrogens (tertiary/aromatic N) is 1. The average Bonchev–Trinajstić information content (AvgIpc) is 2.06. The number of aromatic nitrogens is 2. The molecular formula is C8H6N2S. The molecule has 0 fully saturated rings. The maximum Gasteiger partial charge on any atom is 0.137 e. The smallest absolute Gasteiger partial charge is 0.137 e. The Balaban J connectivity index is 3.03. The highest BCUT2D eigenvalue weighted by Crippen LogP contribution is 2.09. The summed E-state index contributed by atoms with van der Waals surface area (Å²) in [5.74, 6) is 0. The van der Waals surface area contributed by atoms with E-state index in [1.165, 1.54) is 0 Å². The first-order valence-electron chi connectivity index (χ1n) is 3.30. The molecule has 0 aliphatic heterocycles. The summed E-state index contributed by atoms with van der Waals surface area (Å²) in [6, 6.07) is 7.86. The van der Waals surface area contributed by atoms with Crippen molar-refractivity contribution in [3.8, 4) is 0 Å². The average molecular weight is 162 g/mol. The van der Waals surface area contributed by atoms with E-state index in [2.05, 4.69) is 9.97 Å². The van der Waals surface area contributed by atoms with Gasteiger partial charge in [-0.05, 0) is 12.1 Å². The number of benzene rings is 1. The fourth-order valence-corrected chi connectivity index (χ4v) is 1.26. The molecule has 3 heteroatoms. The number of H-pyrrole nitrogens is 1. The molecule has 11 heavy (non-hydrogen) atoms. The van der Waals surface area contributed by atoms with Crippen LogP contribution < -0.4 is 0 Å². The third kappa shape index (κ3) is 1.03. The minimum Gasteiger partial charge on any atom is -0.346 e. The van der Waals surface area contributed by atoms with E-state index >= 15 is 0 Å². The molecule has 54 valence electrons. The predicted molar refractivity (Wildman–Crippen MR) is 46.9 cm³/mol.